The van der Waals surface area contributed by atoms with Gasteiger partial charge in [0.25, 0.3) is 0 Å². The van der Waals surface area contributed by atoms with Crippen molar-refractivity contribution < 1.29 is 4.79 Å². The second kappa shape index (κ2) is 7.41. The van der Waals surface area contributed by atoms with E-state index in [0.29, 0.717) is 11.6 Å². The molecule has 0 unspecified atom stereocenters. The molecule has 114 valence electrons. The predicted octanol–water partition coefficient (Wildman–Crippen LogP) is 3.09. The molecule has 0 aliphatic carbocycles. The van der Waals surface area contributed by atoms with E-state index in [0.717, 1.165) is 11.1 Å². The van der Waals surface area contributed by atoms with Gasteiger partial charge in [-0.05, 0) is 34.7 Å². The van der Waals surface area contributed by atoms with Crippen molar-refractivity contribution in [1.82, 2.24) is 5.43 Å². The van der Waals surface area contributed by atoms with E-state index < -0.39 is 0 Å². The maximum atomic E-state index is 11.8. The van der Waals surface area contributed by atoms with Gasteiger partial charge in [0.2, 0.25) is 5.91 Å². The Morgan fingerprint density at radius 2 is 1.77 bits per heavy atom. The van der Waals surface area contributed by atoms with E-state index in [9.17, 15) is 4.79 Å². The molecule has 0 radical (unpaired) electrons. The molecular formula is C18H21N3O. The van der Waals surface area contributed by atoms with Crippen LogP contribution in [0.15, 0.2) is 53.6 Å². The molecule has 0 aliphatic heterocycles. The van der Waals surface area contributed by atoms with E-state index in [1.807, 2.05) is 24.3 Å². The lowest BCUT2D eigenvalue weighted by molar-refractivity contribution is -0.120. The van der Waals surface area contributed by atoms with Crippen LogP contribution in [0.1, 0.15) is 36.5 Å². The van der Waals surface area contributed by atoms with Crippen molar-refractivity contribution in [2.45, 2.75) is 26.2 Å². The summed E-state index contributed by atoms with van der Waals surface area (Å²) >= 11 is 0. The van der Waals surface area contributed by atoms with Crippen molar-refractivity contribution in [2.24, 2.45) is 5.10 Å². The molecule has 0 spiro atoms. The Labute approximate surface area is 131 Å². The molecule has 0 heterocycles. The van der Waals surface area contributed by atoms with Gasteiger partial charge < -0.3 is 5.73 Å². The Bertz CT molecular complexity index is 643. The van der Waals surface area contributed by atoms with Crippen LogP contribution in [-0.2, 0) is 11.2 Å². The molecule has 0 fully saturated rings. The molecule has 2 aromatic carbocycles. The average Bonchev–Trinajstić information content (AvgIpc) is 2.50. The third-order valence-electron chi connectivity index (χ3n) is 3.35. The van der Waals surface area contributed by atoms with Crippen LogP contribution in [0.2, 0.25) is 0 Å². The highest BCUT2D eigenvalue weighted by atomic mass is 16.2. The number of rotatable bonds is 5. The van der Waals surface area contributed by atoms with Crippen LogP contribution in [0.25, 0.3) is 0 Å². The largest absolute Gasteiger partial charge is 0.399 e. The van der Waals surface area contributed by atoms with E-state index in [-0.39, 0.29) is 12.3 Å². The summed E-state index contributed by atoms with van der Waals surface area (Å²) in [5, 5.41) is 3.98. The summed E-state index contributed by atoms with van der Waals surface area (Å²) < 4.78 is 0. The fraction of sp³-hybridized carbons (Fsp3) is 0.222. The van der Waals surface area contributed by atoms with Gasteiger partial charge in [-0.25, -0.2) is 5.43 Å². The number of benzene rings is 2. The molecule has 0 saturated carbocycles. The summed E-state index contributed by atoms with van der Waals surface area (Å²) in [5.41, 5.74) is 12.0. The van der Waals surface area contributed by atoms with Gasteiger partial charge >= 0.3 is 0 Å². The van der Waals surface area contributed by atoms with E-state index in [1.165, 1.54) is 5.56 Å². The number of hydrogen-bond acceptors (Lipinski definition) is 3. The highest BCUT2D eigenvalue weighted by molar-refractivity contribution is 5.83. The topological polar surface area (TPSA) is 67.5 Å². The number of hydrogen-bond donors (Lipinski definition) is 2. The first-order valence-electron chi connectivity index (χ1n) is 7.31. The lowest BCUT2D eigenvalue weighted by Crippen LogP contribution is -2.19. The van der Waals surface area contributed by atoms with Crippen molar-refractivity contribution in [2.75, 3.05) is 5.73 Å². The van der Waals surface area contributed by atoms with E-state index in [2.05, 4.69) is 36.5 Å². The Morgan fingerprint density at radius 3 is 2.36 bits per heavy atom. The van der Waals surface area contributed by atoms with Gasteiger partial charge in [-0.15, -0.1) is 0 Å². The minimum atomic E-state index is -0.153. The van der Waals surface area contributed by atoms with Crippen molar-refractivity contribution >= 4 is 17.8 Å². The summed E-state index contributed by atoms with van der Waals surface area (Å²) in [6.07, 6.45) is 1.93. The van der Waals surface area contributed by atoms with Crippen molar-refractivity contribution in [3.63, 3.8) is 0 Å². The predicted molar refractivity (Wildman–Crippen MR) is 90.8 cm³/mol. The van der Waals surface area contributed by atoms with Crippen LogP contribution in [0.4, 0.5) is 5.69 Å². The Hall–Kier alpha value is -2.62. The summed E-state index contributed by atoms with van der Waals surface area (Å²) in [4.78, 5) is 11.8. The van der Waals surface area contributed by atoms with Crippen LogP contribution >= 0.6 is 0 Å². The molecule has 2 rings (SSSR count). The molecular weight excluding hydrogens is 274 g/mol. The van der Waals surface area contributed by atoms with Gasteiger partial charge in [-0.1, -0.05) is 50.2 Å². The van der Waals surface area contributed by atoms with Crippen LogP contribution in [-0.4, -0.2) is 12.1 Å². The zero-order valence-corrected chi connectivity index (χ0v) is 12.9. The smallest absolute Gasteiger partial charge is 0.244 e. The molecule has 1 amide bonds. The summed E-state index contributed by atoms with van der Waals surface area (Å²) in [6, 6.07) is 15.4. The number of amides is 1. The second-order valence-corrected chi connectivity index (χ2v) is 5.53. The maximum Gasteiger partial charge on any atom is 0.244 e. The van der Waals surface area contributed by atoms with Gasteiger partial charge in [-0.3, -0.25) is 4.79 Å². The molecule has 0 aromatic heterocycles. The molecule has 0 bridgehead atoms. The number of nitrogens with one attached hydrogen (secondary N) is 1. The van der Waals surface area contributed by atoms with Crippen molar-refractivity contribution in [3.8, 4) is 0 Å². The number of nitrogen functional groups attached to an aromatic ring is 1. The Balaban J connectivity index is 1.86. The quantitative estimate of drug-likeness (QED) is 0.505. The lowest BCUT2D eigenvalue weighted by Gasteiger charge is -2.04. The minimum Gasteiger partial charge on any atom is -0.399 e. The van der Waals surface area contributed by atoms with E-state index in [4.69, 9.17) is 5.73 Å². The zero-order valence-electron chi connectivity index (χ0n) is 12.9. The number of carbonyl (C=O) groups excluding carboxylic acids is 1. The first-order chi connectivity index (χ1) is 10.5. The third-order valence-corrected chi connectivity index (χ3v) is 3.35. The maximum absolute atomic E-state index is 11.8. The second-order valence-electron chi connectivity index (χ2n) is 5.53. The molecule has 0 atom stereocenters. The SMILES string of the molecule is CC(C)c1ccc(/C=N\NC(=O)Cc2ccc(N)cc2)cc1. The standard InChI is InChI=1S/C18H21N3O/c1-13(2)16-7-3-15(4-8-16)12-20-21-18(22)11-14-5-9-17(19)10-6-14/h3-10,12-13H,11,19H2,1-2H3,(H,21,22)/b20-12-. The number of hydrazone groups is 1. The van der Waals surface area contributed by atoms with Crippen LogP contribution < -0.4 is 11.2 Å². The highest BCUT2D eigenvalue weighted by Gasteiger charge is 2.02. The van der Waals surface area contributed by atoms with Gasteiger partial charge in [-0.2, -0.15) is 5.10 Å². The van der Waals surface area contributed by atoms with E-state index >= 15 is 0 Å². The number of anilines is 1. The van der Waals surface area contributed by atoms with Crippen LogP contribution in [0, 0.1) is 0 Å². The molecule has 4 nitrogen and oxygen atoms in total. The molecule has 4 heteroatoms. The first kappa shape index (κ1) is 15.8. The van der Waals surface area contributed by atoms with Gasteiger partial charge in [0.1, 0.15) is 0 Å². The fourth-order valence-electron chi connectivity index (χ4n) is 2.01. The minimum absolute atomic E-state index is 0.153. The average molecular weight is 295 g/mol. The third kappa shape index (κ3) is 4.74. The van der Waals surface area contributed by atoms with Crippen LogP contribution in [0.5, 0.6) is 0 Å². The van der Waals surface area contributed by atoms with Crippen molar-refractivity contribution in [3.05, 3.63) is 65.2 Å². The normalized spacial score (nSPS) is 11.0. The number of nitrogens with zero attached hydrogens (tertiary/aromatic N) is 1. The van der Waals surface area contributed by atoms with Gasteiger partial charge in [0, 0.05) is 5.69 Å². The number of nitrogens with two attached hydrogens (primary N) is 1. The van der Waals surface area contributed by atoms with E-state index in [1.54, 1.807) is 18.3 Å². The highest BCUT2D eigenvalue weighted by Crippen LogP contribution is 2.13. The molecule has 0 saturated heterocycles. The summed E-state index contributed by atoms with van der Waals surface area (Å²) in [6.45, 7) is 4.31. The Morgan fingerprint density at radius 1 is 1.14 bits per heavy atom. The summed E-state index contributed by atoms with van der Waals surface area (Å²) in [7, 11) is 0. The van der Waals surface area contributed by atoms with Gasteiger partial charge in [0.15, 0.2) is 0 Å². The van der Waals surface area contributed by atoms with Crippen LogP contribution in [0.3, 0.4) is 0 Å². The molecule has 0 aliphatic rings. The first-order valence-corrected chi connectivity index (χ1v) is 7.31. The molecule has 2 aromatic rings. The zero-order chi connectivity index (χ0) is 15.9. The molecule has 3 N–H and O–H groups in total. The fourth-order valence-corrected chi connectivity index (χ4v) is 2.01. The van der Waals surface area contributed by atoms with Gasteiger partial charge in [0.05, 0.1) is 12.6 Å². The molecule has 22 heavy (non-hydrogen) atoms. The lowest BCUT2D eigenvalue weighted by atomic mass is 10.0. The monoisotopic (exact) mass is 295 g/mol. The number of carbonyl (C=O) groups is 1. The van der Waals surface area contributed by atoms with Crippen molar-refractivity contribution in [1.29, 1.82) is 0 Å². The summed E-state index contributed by atoms with van der Waals surface area (Å²) in [5.74, 6) is 0.352. The Kier molecular flexibility index (Phi) is 5.31.